The van der Waals surface area contributed by atoms with E-state index in [4.69, 9.17) is 0 Å². The molecule has 2 aliphatic rings. The van der Waals surface area contributed by atoms with Crippen LogP contribution in [-0.2, 0) is 0 Å². The summed E-state index contributed by atoms with van der Waals surface area (Å²) in [6.45, 7) is 7.53. The molecule has 1 aliphatic heterocycles. The first-order valence-corrected chi connectivity index (χ1v) is 5.51. The average Bonchev–Trinajstić information content (AvgIpc) is 2.87. The lowest BCUT2D eigenvalue weighted by Crippen LogP contribution is -2.38. The monoisotopic (exact) mass is 167 g/mol. The summed E-state index contributed by atoms with van der Waals surface area (Å²) in [5.41, 5.74) is 0. The van der Waals surface area contributed by atoms with Crippen LogP contribution in [0.25, 0.3) is 0 Å². The highest BCUT2D eigenvalue weighted by molar-refractivity contribution is 4.88. The van der Waals surface area contributed by atoms with Crippen LogP contribution in [0.2, 0.25) is 0 Å². The first-order valence-electron chi connectivity index (χ1n) is 5.51. The van der Waals surface area contributed by atoms with E-state index in [1.54, 1.807) is 0 Å². The van der Waals surface area contributed by atoms with E-state index >= 15 is 0 Å². The summed E-state index contributed by atoms with van der Waals surface area (Å²) in [7, 11) is 0. The molecule has 2 fully saturated rings. The molecule has 0 radical (unpaired) electrons. The van der Waals surface area contributed by atoms with Gasteiger partial charge in [0.1, 0.15) is 0 Å². The predicted octanol–water partition coefficient (Wildman–Crippen LogP) is 2.52. The highest BCUT2D eigenvalue weighted by atomic mass is 15.2. The minimum Gasteiger partial charge on any atom is -0.300 e. The summed E-state index contributed by atoms with van der Waals surface area (Å²) in [6.07, 6.45) is 5.87. The molecule has 1 nitrogen and oxygen atoms in total. The molecule has 0 unspecified atom stereocenters. The first-order chi connectivity index (χ1) is 5.77. The van der Waals surface area contributed by atoms with Crippen LogP contribution in [0.5, 0.6) is 0 Å². The number of piperidine rings is 1. The SMILES string of the molecule is CC(C)[C@@H]1CCCN(C2CC2)C1. The number of nitrogens with zero attached hydrogens (tertiary/aromatic N) is 1. The third-order valence-electron chi connectivity index (χ3n) is 3.50. The number of hydrogen-bond acceptors (Lipinski definition) is 1. The van der Waals surface area contributed by atoms with Gasteiger partial charge in [-0.3, -0.25) is 0 Å². The lowest BCUT2D eigenvalue weighted by molar-refractivity contribution is 0.138. The van der Waals surface area contributed by atoms with Gasteiger partial charge in [0.25, 0.3) is 0 Å². The van der Waals surface area contributed by atoms with Gasteiger partial charge in [-0.2, -0.15) is 0 Å². The second kappa shape index (κ2) is 3.37. The van der Waals surface area contributed by atoms with Crippen molar-refractivity contribution < 1.29 is 0 Å². The average molecular weight is 167 g/mol. The van der Waals surface area contributed by atoms with E-state index in [1.165, 1.54) is 38.8 Å². The van der Waals surface area contributed by atoms with Gasteiger partial charge in [0.05, 0.1) is 0 Å². The molecule has 70 valence electrons. The summed E-state index contributed by atoms with van der Waals surface area (Å²) in [6, 6.07) is 0.992. The minimum absolute atomic E-state index is 0.895. The Morgan fingerprint density at radius 3 is 2.50 bits per heavy atom. The smallest absolute Gasteiger partial charge is 0.00965 e. The lowest BCUT2D eigenvalue weighted by atomic mass is 9.88. The molecule has 1 saturated heterocycles. The van der Waals surface area contributed by atoms with Crippen LogP contribution in [-0.4, -0.2) is 24.0 Å². The number of likely N-dealkylation sites (tertiary alicyclic amines) is 1. The van der Waals surface area contributed by atoms with Crippen molar-refractivity contribution in [1.82, 2.24) is 4.90 Å². The van der Waals surface area contributed by atoms with Gasteiger partial charge >= 0.3 is 0 Å². The van der Waals surface area contributed by atoms with Crippen LogP contribution < -0.4 is 0 Å². The molecular formula is C11H21N. The quantitative estimate of drug-likeness (QED) is 0.611. The molecular weight excluding hydrogens is 146 g/mol. The molecule has 1 heterocycles. The van der Waals surface area contributed by atoms with E-state index in [0.29, 0.717) is 0 Å². The number of hydrogen-bond donors (Lipinski definition) is 0. The second-order valence-corrected chi connectivity index (χ2v) is 4.87. The van der Waals surface area contributed by atoms with Gasteiger partial charge in [-0.25, -0.2) is 0 Å². The van der Waals surface area contributed by atoms with Crippen molar-refractivity contribution in [2.24, 2.45) is 11.8 Å². The maximum absolute atomic E-state index is 2.73. The molecule has 1 saturated carbocycles. The Morgan fingerprint density at radius 2 is 1.92 bits per heavy atom. The van der Waals surface area contributed by atoms with Crippen LogP contribution in [0.15, 0.2) is 0 Å². The third kappa shape index (κ3) is 1.82. The molecule has 0 N–H and O–H groups in total. The number of rotatable bonds is 2. The van der Waals surface area contributed by atoms with Gasteiger partial charge in [-0.05, 0) is 44.1 Å². The second-order valence-electron chi connectivity index (χ2n) is 4.87. The predicted molar refractivity (Wildman–Crippen MR) is 52.2 cm³/mol. The third-order valence-corrected chi connectivity index (χ3v) is 3.50. The standard InChI is InChI=1S/C11H21N/c1-9(2)10-4-3-7-12(8-10)11-5-6-11/h9-11H,3-8H2,1-2H3/t10-/m1/s1. The summed E-state index contributed by atoms with van der Waals surface area (Å²) < 4.78 is 0. The Labute approximate surface area is 76.1 Å². The molecule has 1 atom stereocenters. The van der Waals surface area contributed by atoms with Crippen molar-refractivity contribution in [3.05, 3.63) is 0 Å². The molecule has 1 heteroatoms. The van der Waals surface area contributed by atoms with Crippen LogP contribution >= 0.6 is 0 Å². The highest BCUT2D eigenvalue weighted by Crippen LogP contribution is 2.32. The summed E-state index contributed by atoms with van der Waals surface area (Å²) in [5, 5.41) is 0. The van der Waals surface area contributed by atoms with Crippen LogP contribution in [0.3, 0.4) is 0 Å². The molecule has 1 aliphatic carbocycles. The van der Waals surface area contributed by atoms with E-state index in [2.05, 4.69) is 18.7 Å². The fourth-order valence-corrected chi connectivity index (χ4v) is 2.36. The maximum Gasteiger partial charge on any atom is 0.00965 e. The first kappa shape index (κ1) is 8.55. The molecule has 0 spiro atoms. The van der Waals surface area contributed by atoms with Gasteiger partial charge in [0, 0.05) is 12.6 Å². The van der Waals surface area contributed by atoms with Gasteiger partial charge in [-0.1, -0.05) is 13.8 Å². The van der Waals surface area contributed by atoms with E-state index in [0.717, 1.165) is 17.9 Å². The fraction of sp³-hybridized carbons (Fsp3) is 1.00. The Balaban J connectivity index is 1.85. The summed E-state index contributed by atoms with van der Waals surface area (Å²) in [4.78, 5) is 2.73. The van der Waals surface area contributed by atoms with Crippen molar-refractivity contribution in [3.8, 4) is 0 Å². The van der Waals surface area contributed by atoms with Gasteiger partial charge in [0.15, 0.2) is 0 Å². The molecule has 0 amide bonds. The normalized spacial score (nSPS) is 32.8. The van der Waals surface area contributed by atoms with Crippen molar-refractivity contribution in [2.45, 2.75) is 45.6 Å². The van der Waals surface area contributed by atoms with E-state index in [9.17, 15) is 0 Å². The summed E-state index contributed by atoms with van der Waals surface area (Å²) in [5.74, 6) is 1.88. The zero-order valence-electron chi connectivity index (χ0n) is 8.42. The molecule has 0 aromatic heterocycles. The topological polar surface area (TPSA) is 3.24 Å². The van der Waals surface area contributed by atoms with E-state index in [-0.39, 0.29) is 0 Å². The lowest BCUT2D eigenvalue weighted by Gasteiger charge is -2.34. The van der Waals surface area contributed by atoms with Crippen molar-refractivity contribution >= 4 is 0 Å². The van der Waals surface area contributed by atoms with Gasteiger partial charge in [0.2, 0.25) is 0 Å². The molecule has 0 aromatic rings. The molecule has 12 heavy (non-hydrogen) atoms. The van der Waals surface area contributed by atoms with E-state index in [1.807, 2.05) is 0 Å². The maximum atomic E-state index is 2.73. The fourth-order valence-electron chi connectivity index (χ4n) is 2.36. The van der Waals surface area contributed by atoms with Crippen molar-refractivity contribution in [1.29, 1.82) is 0 Å². The van der Waals surface area contributed by atoms with Crippen LogP contribution in [0, 0.1) is 11.8 Å². The van der Waals surface area contributed by atoms with Gasteiger partial charge < -0.3 is 4.90 Å². The van der Waals surface area contributed by atoms with E-state index < -0.39 is 0 Å². The molecule has 0 aromatic carbocycles. The van der Waals surface area contributed by atoms with Crippen LogP contribution in [0.4, 0.5) is 0 Å². The Bertz CT molecular complexity index is 141. The Hall–Kier alpha value is -0.0400. The Morgan fingerprint density at radius 1 is 1.17 bits per heavy atom. The molecule has 2 rings (SSSR count). The van der Waals surface area contributed by atoms with Crippen molar-refractivity contribution in [2.75, 3.05) is 13.1 Å². The minimum atomic E-state index is 0.895. The Kier molecular flexibility index (Phi) is 2.40. The zero-order valence-corrected chi connectivity index (χ0v) is 8.42. The largest absolute Gasteiger partial charge is 0.300 e. The zero-order chi connectivity index (χ0) is 8.55. The highest BCUT2D eigenvalue weighted by Gasteiger charge is 2.32. The van der Waals surface area contributed by atoms with Crippen LogP contribution in [0.1, 0.15) is 39.5 Å². The summed E-state index contributed by atoms with van der Waals surface area (Å²) >= 11 is 0. The van der Waals surface area contributed by atoms with Crippen molar-refractivity contribution in [3.63, 3.8) is 0 Å². The molecule has 0 bridgehead atoms. The van der Waals surface area contributed by atoms with Gasteiger partial charge in [-0.15, -0.1) is 0 Å².